The molecule has 2 aliphatic heterocycles. The zero-order chi connectivity index (χ0) is 17.3. The van der Waals surface area contributed by atoms with Crippen molar-refractivity contribution in [2.45, 2.75) is 6.10 Å². The molecule has 2 aliphatic rings. The van der Waals surface area contributed by atoms with E-state index in [1.807, 2.05) is 0 Å². The average Bonchev–Trinajstić information content (AvgIpc) is 3.01. The van der Waals surface area contributed by atoms with E-state index in [0.29, 0.717) is 18.8 Å². The number of carboxylic acids is 1. The Morgan fingerprint density at radius 2 is 2.12 bits per heavy atom. The van der Waals surface area contributed by atoms with Crippen molar-refractivity contribution in [2.24, 2.45) is 0 Å². The number of aliphatic carboxylic acids is 1. The Morgan fingerprint density at radius 3 is 2.79 bits per heavy atom. The second kappa shape index (κ2) is 6.44. The highest BCUT2D eigenvalue weighted by atomic mass is 19.1. The van der Waals surface area contributed by atoms with Gasteiger partial charge in [0.05, 0.1) is 18.7 Å². The Labute approximate surface area is 136 Å². The van der Waals surface area contributed by atoms with Crippen LogP contribution in [0.3, 0.4) is 0 Å². The molecule has 2 fully saturated rings. The first-order valence-electron chi connectivity index (χ1n) is 7.46. The summed E-state index contributed by atoms with van der Waals surface area (Å²) < 4.78 is 19.2. The van der Waals surface area contributed by atoms with Crippen molar-refractivity contribution in [1.29, 1.82) is 0 Å². The average molecular weight is 337 g/mol. The third-order valence-electron chi connectivity index (χ3n) is 3.98. The number of carbonyl (C=O) groups is 3. The minimum atomic E-state index is -1.17. The number of ether oxygens (including phenoxy) is 1. The third kappa shape index (κ3) is 3.02. The molecule has 0 aromatic heterocycles. The zero-order valence-corrected chi connectivity index (χ0v) is 12.7. The molecule has 128 valence electrons. The molecule has 0 bridgehead atoms. The summed E-state index contributed by atoms with van der Waals surface area (Å²) in [7, 11) is 0. The summed E-state index contributed by atoms with van der Waals surface area (Å²) in [6.07, 6.45) is -1.13. The Morgan fingerprint density at radius 1 is 1.33 bits per heavy atom. The van der Waals surface area contributed by atoms with E-state index >= 15 is 0 Å². The number of urea groups is 1. The van der Waals surface area contributed by atoms with Gasteiger partial charge in [0.1, 0.15) is 5.82 Å². The number of carboxylic acid groups (broad SMARTS) is 1. The standard InChI is InChI=1S/C15H16FN3O5/c16-11-2-1-9(19-4-3-17-15(19)23)7-10(11)13(20)18-5-6-24-12(8-18)14(21)22/h1-2,7,12H,3-6,8H2,(H,17,23)(H,21,22)/t12-/m0/s1. The topological polar surface area (TPSA) is 99.2 Å². The van der Waals surface area contributed by atoms with Gasteiger partial charge in [-0.2, -0.15) is 0 Å². The van der Waals surface area contributed by atoms with Gasteiger partial charge in [-0.3, -0.25) is 9.69 Å². The predicted molar refractivity (Wildman–Crippen MR) is 80.4 cm³/mol. The molecule has 0 unspecified atom stereocenters. The van der Waals surface area contributed by atoms with E-state index in [0.717, 1.165) is 6.07 Å². The monoisotopic (exact) mass is 337 g/mol. The van der Waals surface area contributed by atoms with E-state index in [1.54, 1.807) is 0 Å². The number of morpholine rings is 1. The fourth-order valence-corrected chi connectivity index (χ4v) is 2.72. The molecule has 1 aromatic rings. The maximum absolute atomic E-state index is 14.1. The summed E-state index contributed by atoms with van der Waals surface area (Å²) in [5.41, 5.74) is 0.219. The van der Waals surface area contributed by atoms with Crippen LogP contribution in [0.2, 0.25) is 0 Å². The van der Waals surface area contributed by atoms with E-state index in [1.165, 1.54) is 21.9 Å². The molecule has 8 nitrogen and oxygen atoms in total. The zero-order valence-electron chi connectivity index (χ0n) is 12.7. The van der Waals surface area contributed by atoms with Crippen LogP contribution in [0.25, 0.3) is 0 Å². The summed E-state index contributed by atoms with van der Waals surface area (Å²) in [6, 6.07) is 3.56. The highest BCUT2D eigenvalue weighted by Gasteiger charge is 2.31. The number of benzene rings is 1. The summed E-state index contributed by atoms with van der Waals surface area (Å²) in [5.74, 6) is -2.51. The number of halogens is 1. The second-order valence-corrected chi connectivity index (χ2v) is 5.50. The molecule has 1 aromatic carbocycles. The largest absolute Gasteiger partial charge is 0.479 e. The number of carbonyl (C=O) groups excluding carboxylic acids is 2. The van der Waals surface area contributed by atoms with Crippen LogP contribution in [0, 0.1) is 5.82 Å². The lowest BCUT2D eigenvalue weighted by atomic mass is 10.1. The first kappa shape index (κ1) is 16.2. The minimum Gasteiger partial charge on any atom is -0.479 e. The van der Waals surface area contributed by atoms with E-state index < -0.39 is 23.8 Å². The quantitative estimate of drug-likeness (QED) is 0.825. The third-order valence-corrected chi connectivity index (χ3v) is 3.98. The minimum absolute atomic E-state index is 0.0680. The van der Waals surface area contributed by atoms with E-state index in [9.17, 15) is 18.8 Å². The molecule has 3 rings (SSSR count). The van der Waals surface area contributed by atoms with Crippen molar-refractivity contribution in [3.63, 3.8) is 0 Å². The van der Waals surface area contributed by atoms with Gasteiger partial charge in [0.15, 0.2) is 6.10 Å². The molecule has 1 atom stereocenters. The molecule has 2 N–H and O–H groups in total. The van der Waals surface area contributed by atoms with E-state index in [4.69, 9.17) is 9.84 Å². The first-order valence-corrected chi connectivity index (χ1v) is 7.46. The molecule has 0 aliphatic carbocycles. The van der Waals surface area contributed by atoms with Crippen LogP contribution in [0.5, 0.6) is 0 Å². The number of nitrogens with one attached hydrogen (secondary N) is 1. The maximum Gasteiger partial charge on any atom is 0.334 e. The lowest BCUT2D eigenvalue weighted by Gasteiger charge is -2.31. The molecule has 0 radical (unpaired) electrons. The Bertz CT molecular complexity index is 696. The molecule has 24 heavy (non-hydrogen) atoms. The molecule has 9 heteroatoms. The van der Waals surface area contributed by atoms with Gasteiger partial charge in [-0.05, 0) is 18.2 Å². The molecule has 2 saturated heterocycles. The van der Waals surface area contributed by atoms with Crippen LogP contribution in [0.4, 0.5) is 14.9 Å². The number of anilines is 1. The maximum atomic E-state index is 14.1. The van der Waals surface area contributed by atoms with Gasteiger partial charge in [-0.15, -0.1) is 0 Å². The summed E-state index contributed by atoms with van der Waals surface area (Å²) in [5, 5.41) is 11.6. The van der Waals surface area contributed by atoms with Gasteiger partial charge in [0.2, 0.25) is 0 Å². The fourth-order valence-electron chi connectivity index (χ4n) is 2.72. The van der Waals surface area contributed by atoms with Gasteiger partial charge in [0, 0.05) is 25.3 Å². The van der Waals surface area contributed by atoms with Crippen LogP contribution in [-0.4, -0.2) is 66.8 Å². The summed E-state index contributed by atoms with van der Waals surface area (Å²) >= 11 is 0. The van der Waals surface area contributed by atoms with Crippen molar-refractivity contribution < 1.29 is 28.6 Å². The number of nitrogens with zero attached hydrogens (tertiary/aromatic N) is 2. The molecular formula is C15H16FN3O5. The van der Waals surface area contributed by atoms with Gasteiger partial charge in [0.25, 0.3) is 5.91 Å². The summed E-state index contributed by atoms with van der Waals surface area (Å²) in [6.45, 7) is 0.997. The van der Waals surface area contributed by atoms with Crippen molar-refractivity contribution in [3.05, 3.63) is 29.6 Å². The number of rotatable bonds is 3. The van der Waals surface area contributed by atoms with Crippen LogP contribution in [-0.2, 0) is 9.53 Å². The lowest BCUT2D eigenvalue weighted by molar-refractivity contribution is -0.154. The normalized spacial score (nSPS) is 20.9. The van der Waals surface area contributed by atoms with E-state index in [-0.39, 0.29) is 31.3 Å². The Hall–Kier alpha value is -2.68. The number of amides is 3. The highest BCUT2D eigenvalue weighted by molar-refractivity contribution is 5.99. The molecular weight excluding hydrogens is 321 g/mol. The van der Waals surface area contributed by atoms with Crippen molar-refractivity contribution in [1.82, 2.24) is 10.2 Å². The number of hydrogen-bond acceptors (Lipinski definition) is 4. The van der Waals surface area contributed by atoms with Crippen molar-refractivity contribution >= 4 is 23.6 Å². The molecule has 3 amide bonds. The smallest absolute Gasteiger partial charge is 0.334 e. The second-order valence-electron chi connectivity index (χ2n) is 5.50. The Kier molecular flexibility index (Phi) is 4.34. The van der Waals surface area contributed by atoms with Crippen LogP contribution in [0.1, 0.15) is 10.4 Å². The van der Waals surface area contributed by atoms with Gasteiger partial charge in [-0.1, -0.05) is 0 Å². The highest BCUT2D eigenvalue weighted by Crippen LogP contribution is 2.22. The molecule has 2 heterocycles. The SMILES string of the molecule is O=C(O)[C@@H]1CN(C(=O)c2cc(N3CCNC3=O)ccc2F)CCO1. The predicted octanol–water partition coefficient (Wildman–Crippen LogP) is 0.281. The first-order chi connectivity index (χ1) is 11.5. The van der Waals surface area contributed by atoms with Crippen molar-refractivity contribution in [3.8, 4) is 0 Å². The summed E-state index contributed by atoms with van der Waals surface area (Å²) in [4.78, 5) is 37.9. The number of hydrogen-bond donors (Lipinski definition) is 2. The fraction of sp³-hybridized carbons (Fsp3) is 0.400. The lowest BCUT2D eigenvalue weighted by Crippen LogP contribution is -2.48. The molecule has 0 saturated carbocycles. The van der Waals surface area contributed by atoms with Crippen LogP contribution in [0.15, 0.2) is 18.2 Å². The van der Waals surface area contributed by atoms with Crippen LogP contribution >= 0.6 is 0 Å². The van der Waals surface area contributed by atoms with Gasteiger partial charge in [-0.25, -0.2) is 14.0 Å². The van der Waals surface area contributed by atoms with Gasteiger partial charge < -0.3 is 20.1 Å². The van der Waals surface area contributed by atoms with Crippen molar-refractivity contribution in [2.75, 3.05) is 37.7 Å². The van der Waals surface area contributed by atoms with Crippen LogP contribution < -0.4 is 10.2 Å². The van der Waals surface area contributed by atoms with E-state index in [2.05, 4.69) is 5.32 Å². The Balaban J connectivity index is 1.84. The van der Waals surface area contributed by atoms with Gasteiger partial charge >= 0.3 is 12.0 Å². The molecule has 0 spiro atoms.